The van der Waals surface area contributed by atoms with Crippen molar-refractivity contribution in [1.82, 2.24) is 0 Å². The van der Waals surface area contributed by atoms with Gasteiger partial charge in [0.2, 0.25) is 0 Å². The van der Waals surface area contributed by atoms with E-state index in [2.05, 4.69) is 22.3 Å². The van der Waals surface area contributed by atoms with Crippen LogP contribution in [-0.4, -0.2) is 19.7 Å². The van der Waals surface area contributed by atoms with E-state index in [1.165, 1.54) is 19.3 Å². The molecule has 6 heteroatoms. The van der Waals surface area contributed by atoms with Crippen LogP contribution in [0, 0.1) is 0 Å². The molecule has 0 aliphatic carbocycles. The highest BCUT2D eigenvalue weighted by Gasteiger charge is 2.14. The van der Waals surface area contributed by atoms with E-state index in [1.807, 2.05) is 25.1 Å². The molecule has 2 aromatic carbocycles. The number of nitrogens with one attached hydrogen (secondary N) is 1. The van der Waals surface area contributed by atoms with E-state index in [1.54, 1.807) is 0 Å². The maximum absolute atomic E-state index is 6.51. The second-order valence-electron chi connectivity index (χ2n) is 6.39. The number of nitrogens with zero attached hydrogens (tertiary/aromatic N) is 1. The largest absolute Gasteiger partial charge is 0.491 e. The Bertz CT molecular complexity index is 738. The highest BCUT2D eigenvalue weighted by atomic mass is 35.5. The number of anilines is 2. The molecule has 1 N–H and O–H groups in total. The first-order chi connectivity index (χ1) is 12.6. The van der Waals surface area contributed by atoms with Crippen LogP contribution in [0.2, 0.25) is 15.1 Å². The summed E-state index contributed by atoms with van der Waals surface area (Å²) in [4.78, 5) is 2.36. The monoisotopic (exact) mass is 412 g/mol. The van der Waals surface area contributed by atoms with Crippen molar-refractivity contribution in [3.05, 3.63) is 51.0 Å². The van der Waals surface area contributed by atoms with E-state index in [0.29, 0.717) is 28.9 Å². The summed E-state index contributed by atoms with van der Waals surface area (Å²) in [5.41, 5.74) is 3.07. The first-order valence-corrected chi connectivity index (χ1v) is 10.1. The van der Waals surface area contributed by atoms with Crippen molar-refractivity contribution in [2.45, 2.75) is 32.7 Å². The summed E-state index contributed by atoms with van der Waals surface area (Å²) in [5, 5.41) is 5.20. The Morgan fingerprint density at radius 2 is 1.65 bits per heavy atom. The molecule has 0 amide bonds. The fourth-order valence-electron chi connectivity index (χ4n) is 3.21. The van der Waals surface area contributed by atoms with Crippen molar-refractivity contribution in [2.75, 3.05) is 29.9 Å². The van der Waals surface area contributed by atoms with Crippen LogP contribution >= 0.6 is 34.8 Å². The average Bonchev–Trinajstić information content (AvgIpc) is 2.64. The van der Waals surface area contributed by atoms with Gasteiger partial charge in [0.25, 0.3) is 0 Å². The van der Waals surface area contributed by atoms with Gasteiger partial charge < -0.3 is 15.0 Å². The third kappa shape index (κ3) is 4.70. The molecule has 0 radical (unpaired) electrons. The highest BCUT2D eigenvalue weighted by molar-refractivity contribution is 6.37. The van der Waals surface area contributed by atoms with Crippen LogP contribution in [0.15, 0.2) is 30.3 Å². The minimum absolute atomic E-state index is 0.523. The molecule has 0 unspecified atom stereocenters. The summed E-state index contributed by atoms with van der Waals surface area (Å²) in [6.45, 7) is 5.19. The standard InChI is InChI=1S/C20H23Cl3N2O/c1-2-26-20-17(22)10-14(11-18(20)23)13-24-15-6-7-19(16(21)12-15)25-8-4-3-5-9-25/h6-7,10-12,24H,2-5,8-9,13H2,1H3. The van der Waals surface area contributed by atoms with E-state index in [9.17, 15) is 0 Å². The summed E-state index contributed by atoms with van der Waals surface area (Å²) in [7, 11) is 0. The lowest BCUT2D eigenvalue weighted by molar-refractivity contribution is 0.340. The van der Waals surface area contributed by atoms with Gasteiger partial charge in [-0.3, -0.25) is 0 Å². The maximum Gasteiger partial charge on any atom is 0.156 e. The average molecular weight is 414 g/mol. The zero-order valence-electron chi connectivity index (χ0n) is 14.8. The van der Waals surface area contributed by atoms with Crippen molar-refractivity contribution in [1.29, 1.82) is 0 Å². The number of rotatable bonds is 6. The molecule has 26 heavy (non-hydrogen) atoms. The first kappa shape index (κ1) is 19.5. The Hall–Kier alpha value is -1.29. The fraction of sp³-hybridized carbons (Fsp3) is 0.400. The Labute approximate surface area is 170 Å². The van der Waals surface area contributed by atoms with Gasteiger partial charge in [-0.15, -0.1) is 0 Å². The quantitative estimate of drug-likeness (QED) is 0.574. The van der Waals surface area contributed by atoms with Crippen LogP contribution in [0.4, 0.5) is 11.4 Å². The number of benzene rings is 2. The summed E-state index contributed by atoms with van der Waals surface area (Å²) in [6, 6.07) is 9.87. The predicted molar refractivity (Wildman–Crippen MR) is 112 cm³/mol. The van der Waals surface area contributed by atoms with Crippen LogP contribution in [-0.2, 0) is 6.54 Å². The second kappa shape index (κ2) is 9.07. The number of piperidine rings is 1. The van der Waals surface area contributed by atoms with Crippen molar-refractivity contribution in [3.8, 4) is 5.75 Å². The second-order valence-corrected chi connectivity index (χ2v) is 7.61. The van der Waals surface area contributed by atoms with Crippen LogP contribution < -0.4 is 15.0 Å². The normalized spacial score (nSPS) is 14.4. The highest BCUT2D eigenvalue weighted by Crippen LogP contribution is 2.35. The van der Waals surface area contributed by atoms with Gasteiger partial charge >= 0.3 is 0 Å². The first-order valence-electron chi connectivity index (χ1n) is 8.97. The Kier molecular flexibility index (Phi) is 6.80. The Morgan fingerprint density at radius 3 is 2.27 bits per heavy atom. The molecular weight excluding hydrogens is 391 g/mol. The molecule has 1 saturated heterocycles. The molecule has 3 nitrogen and oxygen atoms in total. The molecule has 1 aliphatic rings. The lowest BCUT2D eigenvalue weighted by Gasteiger charge is -2.29. The topological polar surface area (TPSA) is 24.5 Å². The summed E-state index contributed by atoms with van der Waals surface area (Å²) >= 11 is 19.0. The Morgan fingerprint density at radius 1 is 0.962 bits per heavy atom. The van der Waals surface area contributed by atoms with Crippen LogP contribution in [0.5, 0.6) is 5.75 Å². The zero-order chi connectivity index (χ0) is 18.5. The van der Waals surface area contributed by atoms with Gasteiger partial charge in [-0.25, -0.2) is 0 Å². The smallest absolute Gasteiger partial charge is 0.156 e. The number of halogens is 3. The fourth-order valence-corrected chi connectivity index (χ4v) is 4.15. The van der Waals surface area contributed by atoms with E-state index >= 15 is 0 Å². The molecule has 1 heterocycles. The van der Waals surface area contributed by atoms with E-state index in [-0.39, 0.29) is 0 Å². The van der Waals surface area contributed by atoms with E-state index < -0.39 is 0 Å². The minimum Gasteiger partial charge on any atom is -0.491 e. The molecule has 140 valence electrons. The van der Waals surface area contributed by atoms with Gasteiger partial charge in [-0.2, -0.15) is 0 Å². The van der Waals surface area contributed by atoms with Crippen LogP contribution in [0.3, 0.4) is 0 Å². The SMILES string of the molecule is CCOc1c(Cl)cc(CNc2ccc(N3CCCCC3)c(Cl)c2)cc1Cl. The van der Waals surface area contributed by atoms with E-state index in [0.717, 1.165) is 35.1 Å². The van der Waals surface area contributed by atoms with Crippen molar-refractivity contribution >= 4 is 46.2 Å². The number of ether oxygens (including phenoxy) is 1. The minimum atomic E-state index is 0.523. The van der Waals surface area contributed by atoms with Gasteiger partial charge in [0.05, 0.1) is 27.4 Å². The molecular formula is C20H23Cl3N2O. The molecule has 2 aromatic rings. The lowest BCUT2D eigenvalue weighted by Crippen LogP contribution is -2.29. The van der Waals surface area contributed by atoms with Gasteiger partial charge in [0, 0.05) is 25.3 Å². The van der Waals surface area contributed by atoms with Crippen LogP contribution in [0.1, 0.15) is 31.7 Å². The zero-order valence-corrected chi connectivity index (χ0v) is 17.1. The summed E-state index contributed by atoms with van der Waals surface area (Å²) < 4.78 is 5.47. The molecule has 0 saturated carbocycles. The third-order valence-corrected chi connectivity index (χ3v) is 5.35. The molecule has 1 aliphatic heterocycles. The molecule has 0 aromatic heterocycles. The van der Waals surface area contributed by atoms with Crippen LogP contribution in [0.25, 0.3) is 0 Å². The molecule has 0 bridgehead atoms. The predicted octanol–water partition coefficient (Wildman–Crippen LogP) is 6.65. The van der Waals surface area contributed by atoms with Crippen molar-refractivity contribution in [2.24, 2.45) is 0 Å². The van der Waals surface area contributed by atoms with Gasteiger partial charge in [0.1, 0.15) is 0 Å². The summed E-state index contributed by atoms with van der Waals surface area (Å²) in [5.74, 6) is 0.536. The van der Waals surface area contributed by atoms with Crippen molar-refractivity contribution in [3.63, 3.8) is 0 Å². The maximum atomic E-state index is 6.51. The third-order valence-electron chi connectivity index (χ3n) is 4.49. The number of hydrogen-bond acceptors (Lipinski definition) is 3. The Balaban J connectivity index is 1.67. The van der Waals surface area contributed by atoms with Gasteiger partial charge in [-0.05, 0) is 62.1 Å². The van der Waals surface area contributed by atoms with Gasteiger partial charge in [0.15, 0.2) is 5.75 Å². The lowest BCUT2D eigenvalue weighted by atomic mass is 10.1. The molecule has 0 atom stereocenters. The van der Waals surface area contributed by atoms with Crippen molar-refractivity contribution < 1.29 is 4.74 Å². The molecule has 1 fully saturated rings. The molecule has 0 spiro atoms. The molecule has 3 rings (SSSR count). The number of hydrogen-bond donors (Lipinski definition) is 1. The van der Waals surface area contributed by atoms with E-state index in [4.69, 9.17) is 39.5 Å². The van der Waals surface area contributed by atoms with Gasteiger partial charge in [-0.1, -0.05) is 34.8 Å². The summed E-state index contributed by atoms with van der Waals surface area (Å²) in [6.07, 6.45) is 3.77.